The molecule has 20 heavy (non-hydrogen) atoms. The number of aromatic nitrogens is 2. The molecule has 0 radical (unpaired) electrons. The first-order valence-corrected chi connectivity index (χ1v) is 7.39. The van der Waals surface area contributed by atoms with Gasteiger partial charge in [0.15, 0.2) is 0 Å². The number of nitrogens with zero attached hydrogens (tertiary/aromatic N) is 2. The molecule has 2 rings (SSSR count). The Bertz CT molecular complexity index is 625. The van der Waals surface area contributed by atoms with E-state index in [0.717, 1.165) is 18.7 Å². The molecule has 1 atom stereocenters. The first-order valence-electron chi connectivity index (χ1n) is 6.60. The van der Waals surface area contributed by atoms with Crippen LogP contribution in [-0.4, -0.2) is 16.3 Å². The molecule has 0 aliphatic carbocycles. The maximum absolute atomic E-state index is 11.7. The van der Waals surface area contributed by atoms with Crippen molar-refractivity contribution in [3.05, 3.63) is 56.9 Å². The summed E-state index contributed by atoms with van der Waals surface area (Å²) in [5.74, 6) is 0.474. The molecule has 0 bridgehead atoms. The second-order valence-corrected chi connectivity index (χ2v) is 5.62. The average molecular weight is 336 g/mol. The number of nitrogens with one attached hydrogen (secondary N) is 1. The fourth-order valence-electron chi connectivity index (χ4n) is 2.01. The Kier molecular flexibility index (Phi) is 4.95. The van der Waals surface area contributed by atoms with Gasteiger partial charge in [0, 0.05) is 13.6 Å². The SMILES string of the molecule is CC(CCNc1cnn(C)c(=O)c1Br)c1ccccc1. The van der Waals surface area contributed by atoms with E-state index in [1.165, 1.54) is 10.2 Å². The maximum Gasteiger partial charge on any atom is 0.282 e. The minimum absolute atomic E-state index is 0.133. The van der Waals surface area contributed by atoms with Gasteiger partial charge in [-0.05, 0) is 33.8 Å². The summed E-state index contributed by atoms with van der Waals surface area (Å²) >= 11 is 3.31. The Morgan fingerprint density at radius 3 is 2.75 bits per heavy atom. The standard InChI is InChI=1S/C15H18BrN3O/c1-11(12-6-4-3-5-7-12)8-9-17-13-10-18-19(2)15(20)14(13)16/h3-7,10-11,17H,8-9H2,1-2H3. The minimum Gasteiger partial charge on any atom is -0.383 e. The molecular weight excluding hydrogens is 318 g/mol. The van der Waals surface area contributed by atoms with E-state index in [9.17, 15) is 4.79 Å². The van der Waals surface area contributed by atoms with Gasteiger partial charge in [0.1, 0.15) is 4.47 Å². The van der Waals surface area contributed by atoms with Gasteiger partial charge >= 0.3 is 0 Å². The summed E-state index contributed by atoms with van der Waals surface area (Å²) in [5.41, 5.74) is 1.94. The first-order chi connectivity index (χ1) is 9.59. The van der Waals surface area contributed by atoms with E-state index in [1.54, 1.807) is 13.2 Å². The van der Waals surface area contributed by atoms with Crippen molar-refractivity contribution in [1.29, 1.82) is 0 Å². The first kappa shape index (κ1) is 14.8. The van der Waals surface area contributed by atoms with Crippen LogP contribution in [0.5, 0.6) is 0 Å². The van der Waals surface area contributed by atoms with Crippen molar-refractivity contribution >= 4 is 21.6 Å². The van der Waals surface area contributed by atoms with Crippen LogP contribution in [0.25, 0.3) is 0 Å². The Hall–Kier alpha value is -1.62. The van der Waals surface area contributed by atoms with Crippen LogP contribution in [0.1, 0.15) is 24.8 Å². The molecule has 5 heteroatoms. The van der Waals surface area contributed by atoms with Gasteiger partial charge in [-0.15, -0.1) is 0 Å². The summed E-state index contributed by atoms with van der Waals surface area (Å²) in [6.45, 7) is 3.00. The third-order valence-electron chi connectivity index (χ3n) is 3.34. The molecule has 0 saturated heterocycles. The molecule has 1 aromatic heterocycles. The highest BCUT2D eigenvalue weighted by atomic mass is 79.9. The highest BCUT2D eigenvalue weighted by Crippen LogP contribution is 2.20. The van der Waals surface area contributed by atoms with Gasteiger partial charge in [-0.3, -0.25) is 4.79 Å². The zero-order valence-electron chi connectivity index (χ0n) is 11.6. The third kappa shape index (κ3) is 3.48. The molecule has 0 aliphatic heterocycles. The Morgan fingerprint density at radius 1 is 1.35 bits per heavy atom. The van der Waals surface area contributed by atoms with Gasteiger partial charge in [-0.2, -0.15) is 5.10 Å². The van der Waals surface area contributed by atoms with E-state index in [1.807, 2.05) is 6.07 Å². The number of hydrogen-bond donors (Lipinski definition) is 1. The number of aryl methyl sites for hydroxylation is 1. The molecule has 0 saturated carbocycles. The van der Waals surface area contributed by atoms with Crippen LogP contribution in [0.4, 0.5) is 5.69 Å². The van der Waals surface area contributed by atoms with Crippen molar-refractivity contribution in [1.82, 2.24) is 9.78 Å². The Labute approximate surface area is 127 Å². The number of hydrogen-bond acceptors (Lipinski definition) is 3. The van der Waals surface area contributed by atoms with Crippen LogP contribution in [-0.2, 0) is 7.05 Å². The van der Waals surface area contributed by atoms with Crippen molar-refractivity contribution in [2.75, 3.05) is 11.9 Å². The van der Waals surface area contributed by atoms with E-state index < -0.39 is 0 Å². The zero-order valence-corrected chi connectivity index (χ0v) is 13.2. The molecule has 4 nitrogen and oxygen atoms in total. The Balaban J connectivity index is 1.94. The fourth-order valence-corrected chi connectivity index (χ4v) is 2.50. The maximum atomic E-state index is 11.7. The van der Waals surface area contributed by atoms with E-state index >= 15 is 0 Å². The summed E-state index contributed by atoms with van der Waals surface area (Å²) in [5, 5.41) is 7.27. The van der Waals surface area contributed by atoms with Gasteiger partial charge in [-0.25, -0.2) is 4.68 Å². The minimum atomic E-state index is -0.133. The van der Waals surface area contributed by atoms with Crippen LogP contribution in [0, 0.1) is 0 Å². The summed E-state index contributed by atoms with van der Waals surface area (Å²) in [7, 11) is 1.63. The van der Waals surface area contributed by atoms with Crippen molar-refractivity contribution in [2.24, 2.45) is 7.05 Å². The molecule has 0 amide bonds. The summed E-state index contributed by atoms with van der Waals surface area (Å²) in [6, 6.07) is 10.4. The van der Waals surface area contributed by atoms with Crippen molar-refractivity contribution in [2.45, 2.75) is 19.3 Å². The van der Waals surface area contributed by atoms with E-state index in [0.29, 0.717) is 10.4 Å². The second-order valence-electron chi connectivity index (χ2n) is 4.83. The lowest BCUT2D eigenvalue weighted by Crippen LogP contribution is -2.21. The molecule has 0 fully saturated rings. The molecule has 1 N–H and O–H groups in total. The lowest BCUT2D eigenvalue weighted by Gasteiger charge is -2.13. The predicted octanol–water partition coefficient (Wildman–Crippen LogP) is 3.15. The number of rotatable bonds is 5. The van der Waals surface area contributed by atoms with Gasteiger partial charge in [0.2, 0.25) is 0 Å². The molecule has 1 unspecified atom stereocenters. The highest BCUT2D eigenvalue weighted by molar-refractivity contribution is 9.10. The lowest BCUT2D eigenvalue weighted by atomic mass is 9.98. The molecule has 106 valence electrons. The molecule has 1 aromatic carbocycles. The van der Waals surface area contributed by atoms with Crippen molar-refractivity contribution in [3.63, 3.8) is 0 Å². The number of halogens is 1. The molecule has 2 aromatic rings. The number of benzene rings is 1. The summed E-state index contributed by atoms with van der Waals surface area (Å²) < 4.78 is 1.84. The molecule has 1 heterocycles. The second kappa shape index (κ2) is 6.70. The third-order valence-corrected chi connectivity index (χ3v) is 4.11. The van der Waals surface area contributed by atoms with Crippen LogP contribution in [0.2, 0.25) is 0 Å². The van der Waals surface area contributed by atoms with Crippen LogP contribution in [0.3, 0.4) is 0 Å². The quantitative estimate of drug-likeness (QED) is 0.912. The number of anilines is 1. The lowest BCUT2D eigenvalue weighted by molar-refractivity contribution is 0.692. The topological polar surface area (TPSA) is 46.9 Å². The van der Waals surface area contributed by atoms with Crippen molar-refractivity contribution in [3.8, 4) is 0 Å². The fraction of sp³-hybridized carbons (Fsp3) is 0.333. The van der Waals surface area contributed by atoms with Crippen LogP contribution < -0.4 is 10.9 Å². The summed E-state index contributed by atoms with van der Waals surface area (Å²) in [4.78, 5) is 11.7. The van der Waals surface area contributed by atoms with Crippen molar-refractivity contribution < 1.29 is 0 Å². The van der Waals surface area contributed by atoms with Gasteiger partial charge in [0.25, 0.3) is 5.56 Å². The normalized spacial score (nSPS) is 12.2. The highest BCUT2D eigenvalue weighted by Gasteiger charge is 2.08. The van der Waals surface area contributed by atoms with Gasteiger partial charge in [0.05, 0.1) is 11.9 Å². The van der Waals surface area contributed by atoms with Crippen LogP contribution in [0.15, 0.2) is 45.8 Å². The Morgan fingerprint density at radius 2 is 2.05 bits per heavy atom. The smallest absolute Gasteiger partial charge is 0.282 e. The molecular formula is C15H18BrN3O. The predicted molar refractivity (Wildman–Crippen MR) is 85.1 cm³/mol. The monoisotopic (exact) mass is 335 g/mol. The summed E-state index contributed by atoms with van der Waals surface area (Å²) in [6.07, 6.45) is 2.66. The van der Waals surface area contributed by atoms with Gasteiger partial charge < -0.3 is 5.32 Å². The van der Waals surface area contributed by atoms with E-state index in [2.05, 4.69) is 57.5 Å². The van der Waals surface area contributed by atoms with Crippen LogP contribution >= 0.6 is 15.9 Å². The van der Waals surface area contributed by atoms with E-state index in [4.69, 9.17) is 0 Å². The average Bonchev–Trinajstić information content (AvgIpc) is 2.48. The molecule has 0 aliphatic rings. The van der Waals surface area contributed by atoms with E-state index in [-0.39, 0.29) is 5.56 Å². The zero-order chi connectivity index (χ0) is 14.5. The van der Waals surface area contributed by atoms with Gasteiger partial charge in [-0.1, -0.05) is 37.3 Å². The molecule has 0 spiro atoms. The largest absolute Gasteiger partial charge is 0.383 e.